The van der Waals surface area contributed by atoms with Gasteiger partial charge < -0.3 is 52.4 Å². The van der Waals surface area contributed by atoms with Gasteiger partial charge in [-0.15, -0.1) is 0 Å². The number of carbonyl (C=O) groups excluding carboxylic acids is 2. The number of hydrogen-bond donors (Lipinski definition) is 0. The van der Waals surface area contributed by atoms with Gasteiger partial charge in [0.2, 0.25) is 0 Å². The van der Waals surface area contributed by atoms with E-state index in [0.717, 1.165) is 67.2 Å². The third-order valence-electron chi connectivity index (χ3n) is 10.9. The number of hydrogen-bond acceptors (Lipinski definition) is 4. The Labute approximate surface area is 352 Å². The van der Waals surface area contributed by atoms with Gasteiger partial charge in [0.05, 0.1) is 41.3 Å². The zero-order chi connectivity index (χ0) is 37.7. The minimum Gasteiger partial charge on any atom is -1.00 e. The van der Waals surface area contributed by atoms with Gasteiger partial charge in [-0.25, -0.2) is 0 Å². The molecular weight excluding hydrogens is 792 g/mol. The lowest BCUT2D eigenvalue weighted by molar-refractivity contribution is -0.890. The number of esters is 2. The maximum atomic E-state index is 12.2. The smallest absolute Gasteiger partial charge is 0.305 e. The number of nitrogens with zero attached hydrogens (tertiary/aromatic N) is 2. The lowest BCUT2D eigenvalue weighted by Gasteiger charge is -2.29. The van der Waals surface area contributed by atoms with Crippen molar-refractivity contribution in [1.29, 1.82) is 0 Å². The first kappa shape index (κ1) is 57.1. The van der Waals surface area contributed by atoms with Gasteiger partial charge in [0.1, 0.15) is 26.3 Å². The second kappa shape index (κ2) is 41.5. The Balaban J connectivity index is -0.0000125. The Hall–Kier alpha value is -0.180. The Morgan fingerprint density at radius 2 is 0.566 bits per heavy atom. The molecule has 320 valence electrons. The minimum atomic E-state index is -0.0657. The third kappa shape index (κ3) is 44.4. The third-order valence-corrected chi connectivity index (χ3v) is 10.9. The van der Waals surface area contributed by atoms with Crippen molar-refractivity contribution in [3.05, 3.63) is 0 Å². The van der Waals surface area contributed by atoms with Crippen molar-refractivity contribution in [1.82, 2.24) is 0 Å². The summed E-state index contributed by atoms with van der Waals surface area (Å²) in [7, 11) is 9.01. The predicted molar refractivity (Wildman–Crippen MR) is 220 cm³/mol. The number of quaternary nitrogens is 2. The van der Waals surface area contributed by atoms with Gasteiger partial charge in [0.25, 0.3) is 0 Å². The van der Waals surface area contributed by atoms with Gasteiger partial charge in [-0.2, -0.15) is 0 Å². The van der Waals surface area contributed by atoms with Crippen LogP contribution < -0.4 is 34.0 Å². The highest BCUT2D eigenvalue weighted by molar-refractivity contribution is 5.69. The molecule has 6 nitrogen and oxygen atoms in total. The van der Waals surface area contributed by atoms with E-state index < -0.39 is 0 Å². The Bertz CT molecular complexity index is 720. The number of halogens is 2. The van der Waals surface area contributed by atoms with Crippen LogP contribution in [0.4, 0.5) is 0 Å². The van der Waals surface area contributed by atoms with Crippen LogP contribution in [0.3, 0.4) is 0 Å². The van der Waals surface area contributed by atoms with Gasteiger partial charge in [-0.3, -0.25) is 9.59 Å². The first-order chi connectivity index (χ1) is 24.6. The van der Waals surface area contributed by atoms with Crippen LogP contribution in [0.25, 0.3) is 0 Å². The van der Waals surface area contributed by atoms with Crippen molar-refractivity contribution in [3.63, 3.8) is 0 Å². The molecule has 0 saturated heterocycles. The van der Waals surface area contributed by atoms with E-state index in [1.807, 2.05) is 0 Å². The Morgan fingerprint density at radius 3 is 0.830 bits per heavy atom. The summed E-state index contributed by atoms with van der Waals surface area (Å²) in [5, 5.41) is 0. The average molecular weight is 885 g/mol. The van der Waals surface area contributed by atoms with Crippen molar-refractivity contribution < 1.29 is 62.0 Å². The fourth-order valence-electron chi connectivity index (χ4n) is 7.01. The van der Waals surface area contributed by atoms with Crippen molar-refractivity contribution in [2.24, 2.45) is 0 Å². The Morgan fingerprint density at radius 1 is 0.340 bits per heavy atom. The molecule has 0 aromatic carbocycles. The van der Waals surface area contributed by atoms with E-state index in [4.69, 9.17) is 9.47 Å². The monoisotopic (exact) mass is 883 g/mol. The van der Waals surface area contributed by atoms with E-state index in [-0.39, 0.29) is 45.9 Å². The van der Waals surface area contributed by atoms with Gasteiger partial charge in [-0.05, 0) is 38.5 Å². The molecule has 0 rings (SSSR count). The van der Waals surface area contributed by atoms with Gasteiger partial charge >= 0.3 is 11.9 Å². The molecule has 0 aliphatic carbocycles. The zero-order valence-electron chi connectivity index (χ0n) is 36.4. The topological polar surface area (TPSA) is 52.6 Å². The van der Waals surface area contributed by atoms with Crippen LogP contribution in [0.2, 0.25) is 0 Å². The molecule has 0 heterocycles. The largest absolute Gasteiger partial charge is 1.00 e. The number of unbranched alkanes of at least 4 members (excludes halogenated alkanes) is 26. The molecular formula is C45H92Br2N2O4. The lowest BCUT2D eigenvalue weighted by Crippen LogP contribution is -3.00. The Kier molecular flexibility index (Phi) is 44.7. The summed E-state index contributed by atoms with van der Waals surface area (Å²) in [6.07, 6.45) is 38.9. The predicted octanol–water partition coefficient (Wildman–Crippen LogP) is 6.37. The molecule has 0 atom stereocenters. The summed E-state index contributed by atoms with van der Waals surface area (Å²) in [6, 6.07) is 0. The summed E-state index contributed by atoms with van der Waals surface area (Å²) in [4.78, 5) is 24.4. The standard InChI is InChI=1S/C45H92N2O4.2BrH/c1-7-9-11-13-15-17-19-21-23-25-30-34-38-46(3,4)40-42-50-44(48)36-32-28-27-29-33-37-45(49)51-43-41-47(5,6)39-35-31-26-24-22-20-18-16-14-12-10-8-2;;/h7-43H2,1-6H3;2*1H/q+2;;/p-2. The molecule has 0 saturated carbocycles. The van der Waals surface area contributed by atoms with Gasteiger partial charge in [-0.1, -0.05) is 162 Å². The number of ether oxygens (including phenoxy) is 2. The molecule has 0 unspecified atom stereocenters. The number of likely N-dealkylation sites (N-methyl/N-ethyl adjacent to an activating group) is 2. The van der Waals surface area contributed by atoms with E-state index in [1.165, 1.54) is 154 Å². The van der Waals surface area contributed by atoms with E-state index in [9.17, 15) is 9.59 Å². The summed E-state index contributed by atoms with van der Waals surface area (Å²) in [5.41, 5.74) is 0. The highest BCUT2D eigenvalue weighted by Crippen LogP contribution is 2.15. The molecule has 8 heteroatoms. The quantitative estimate of drug-likeness (QED) is 0.0409. The van der Waals surface area contributed by atoms with E-state index in [2.05, 4.69) is 42.0 Å². The first-order valence-electron chi connectivity index (χ1n) is 22.6. The van der Waals surface area contributed by atoms with E-state index in [1.54, 1.807) is 0 Å². The fourth-order valence-corrected chi connectivity index (χ4v) is 7.01. The van der Waals surface area contributed by atoms with Crippen LogP contribution in [0, 0.1) is 0 Å². The van der Waals surface area contributed by atoms with Crippen molar-refractivity contribution in [3.8, 4) is 0 Å². The van der Waals surface area contributed by atoms with Crippen LogP contribution in [0.15, 0.2) is 0 Å². The van der Waals surface area contributed by atoms with Crippen LogP contribution in [-0.2, 0) is 19.1 Å². The van der Waals surface area contributed by atoms with Gasteiger partial charge in [0, 0.05) is 12.8 Å². The van der Waals surface area contributed by atoms with Crippen LogP contribution in [-0.4, -0.2) is 88.5 Å². The summed E-state index contributed by atoms with van der Waals surface area (Å²) in [5.74, 6) is -0.131. The molecule has 0 bridgehead atoms. The highest BCUT2D eigenvalue weighted by atomic mass is 79.9. The molecule has 0 N–H and O–H groups in total. The van der Waals surface area contributed by atoms with Crippen LogP contribution >= 0.6 is 0 Å². The maximum Gasteiger partial charge on any atom is 0.305 e. The number of rotatable bonds is 40. The molecule has 0 spiro atoms. The summed E-state index contributed by atoms with van der Waals surface area (Å²) in [6.45, 7) is 9.67. The molecule has 0 radical (unpaired) electrons. The van der Waals surface area contributed by atoms with Crippen molar-refractivity contribution >= 4 is 11.9 Å². The lowest BCUT2D eigenvalue weighted by atomic mass is 10.1. The normalized spacial score (nSPS) is 11.6. The summed E-state index contributed by atoms with van der Waals surface area (Å²) >= 11 is 0. The zero-order valence-corrected chi connectivity index (χ0v) is 39.6. The second-order valence-corrected chi connectivity index (χ2v) is 17.3. The molecule has 0 fully saturated rings. The number of carbonyl (C=O) groups is 2. The van der Waals surface area contributed by atoms with Crippen LogP contribution in [0.5, 0.6) is 0 Å². The van der Waals surface area contributed by atoms with Crippen LogP contribution in [0.1, 0.15) is 213 Å². The molecule has 53 heavy (non-hydrogen) atoms. The molecule has 0 aliphatic rings. The van der Waals surface area contributed by atoms with E-state index >= 15 is 0 Å². The molecule has 0 aliphatic heterocycles. The van der Waals surface area contributed by atoms with Crippen molar-refractivity contribution in [2.75, 3.05) is 67.6 Å². The maximum absolute atomic E-state index is 12.2. The van der Waals surface area contributed by atoms with Crippen molar-refractivity contribution in [2.45, 2.75) is 213 Å². The molecule has 0 amide bonds. The second-order valence-electron chi connectivity index (χ2n) is 17.3. The highest BCUT2D eigenvalue weighted by Gasteiger charge is 2.17. The molecule has 0 aromatic rings. The summed E-state index contributed by atoms with van der Waals surface area (Å²) < 4.78 is 13.0. The average Bonchev–Trinajstić information content (AvgIpc) is 3.08. The minimum absolute atomic E-state index is 0. The SMILES string of the molecule is CCCCCCCCCCCCCC[N+](C)(C)CCOC(=O)CCCCCCCC(=O)OCC[N+](C)(C)CCCCCCCCCCCCCC.[Br-].[Br-]. The first-order valence-corrected chi connectivity index (χ1v) is 22.6. The fraction of sp³-hybridized carbons (Fsp3) is 0.956. The van der Waals surface area contributed by atoms with Gasteiger partial charge in [0.15, 0.2) is 0 Å². The van der Waals surface area contributed by atoms with E-state index in [0.29, 0.717) is 26.1 Å². The molecule has 0 aromatic heterocycles.